The van der Waals surface area contributed by atoms with Crippen LogP contribution in [0.15, 0.2) is 18.2 Å². The molecule has 0 aliphatic rings. The zero-order chi connectivity index (χ0) is 9.84. The van der Waals surface area contributed by atoms with Gasteiger partial charge in [0.05, 0.1) is 5.56 Å². The third-order valence-electron chi connectivity index (χ3n) is 1.84. The fraction of sp³-hybridized carbons (Fsp3) is 0.222. The summed E-state index contributed by atoms with van der Waals surface area (Å²) in [5.74, 6) is -1.00. The van der Waals surface area contributed by atoms with Crippen molar-refractivity contribution in [2.75, 3.05) is 12.3 Å². The Morgan fingerprint density at radius 2 is 2.15 bits per heavy atom. The number of benzene rings is 1. The van der Waals surface area contributed by atoms with Gasteiger partial charge in [-0.3, -0.25) is 0 Å². The molecule has 0 radical (unpaired) electrons. The third-order valence-corrected chi connectivity index (χ3v) is 1.84. The van der Waals surface area contributed by atoms with Gasteiger partial charge in [0.25, 0.3) is 0 Å². The van der Waals surface area contributed by atoms with E-state index in [0.717, 1.165) is 5.56 Å². The summed E-state index contributed by atoms with van der Waals surface area (Å²) in [7, 11) is 0. The molecule has 0 aliphatic heterocycles. The molecule has 13 heavy (non-hydrogen) atoms. The van der Waals surface area contributed by atoms with Gasteiger partial charge >= 0.3 is 5.97 Å². The molecule has 0 fully saturated rings. The van der Waals surface area contributed by atoms with E-state index in [1.54, 1.807) is 12.1 Å². The maximum Gasteiger partial charge on any atom is 0.337 e. The zero-order valence-electron chi connectivity index (χ0n) is 7.16. The van der Waals surface area contributed by atoms with Crippen LogP contribution in [0, 0.1) is 0 Å². The molecule has 0 bridgehead atoms. The van der Waals surface area contributed by atoms with E-state index in [2.05, 4.69) is 0 Å². The lowest BCUT2D eigenvalue weighted by molar-refractivity contribution is 0.0698. The van der Waals surface area contributed by atoms with Crippen LogP contribution in [0.25, 0.3) is 0 Å². The molecule has 1 rings (SSSR count). The Morgan fingerprint density at radius 3 is 2.69 bits per heavy atom. The monoisotopic (exact) mass is 180 g/mol. The lowest BCUT2D eigenvalue weighted by atomic mass is 10.1. The quantitative estimate of drug-likeness (QED) is 0.590. The van der Waals surface area contributed by atoms with E-state index in [-0.39, 0.29) is 5.56 Å². The van der Waals surface area contributed by atoms with E-state index in [1.165, 1.54) is 6.07 Å². The fourth-order valence-corrected chi connectivity index (χ4v) is 1.17. The van der Waals surface area contributed by atoms with Crippen molar-refractivity contribution in [1.82, 2.24) is 0 Å². The molecule has 0 atom stereocenters. The number of nitrogens with two attached hydrogens (primary N) is 2. The highest BCUT2D eigenvalue weighted by atomic mass is 16.4. The Balaban J connectivity index is 3.10. The Morgan fingerprint density at radius 1 is 1.46 bits per heavy atom. The van der Waals surface area contributed by atoms with Crippen molar-refractivity contribution in [3.63, 3.8) is 0 Å². The fourth-order valence-electron chi connectivity index (χ4n) is 1.17. The van der Waals surface area contributed by atoms with Gasteiger partial charge in [-0.2, -0.15) is 0 Å². The molecular weight excluding hydrogens is 168 g/mol. The number of hydrogen-bond donors (Lipinski definition) is 3. The SMILES string of the molecule is NCCc1cccc(C(=O)O)c1N. The first-order valence-electron chi connectivity index (χ1n) is 3.97. The standard InChI is InChI=1S/C9H12N2O2/c10-5-4-6-2-1-3-7(8(6)11)9(12)13/h1-3H,4-5,10-11H2,(H,12,13). The summed E-state index contributed by atoms with van der Waals surface area (Å²) in [5.41, 5.74) is 12.2. The molecule has 0 heterocycles. The topological polar surface area (TPSA) is 89.3 Å². The average molecular weight is 180 g/mol. The number of carboxylic acids is 1. The number of carboxylic acid groups (broad SMARTS) is 1. The van der Waals surface area contributed by atoms with Crippen LogP contribution in [-0.2, 0) is 6.42 Å². The van der Waals surface area contributed by atoms with Crippen LogP contribution in [0.2, 0.25) is 0 Å². The third kappa shape index (κ3) is 1.97. The van der Waals surface area contributed by atoms with E-state index in [1.807, 2.05) is 0 Å². The highest BCUT2D eigenvalue weighted by Crippen LogP contribution is 2.17. The van der Waals surface area contributed by atoms with Gasteiger partial charge in [-0.15, -0.1) is 0 Å². The van der Waals surface area contributed by atoms with Crippen LogP contribution in [0.4, 0.5) is 5.69 Å². The molecule has 4 heteroatoms. The summed E-state index contributed by atoms with van der Waals surface area (Å²) in [4.78, 5) is 10.7. The second kappa shape index (κ2) is 3.91. The van der Waals surface area contributed by atoms with Gasteiger partial charge in [0.1, 0.15) is 0 Å². The number of rotatable bonds is 3. The molecule has 70 valence electrons. The summed E-state index contributed by atoms with van der Waals surface area (Å²) in [5, 5.41) is 8.75. The van der Waals surface area contributed by atoms with Crippen molar-refractivity contribution in [2.45, 2.75) is 6.42 Å². The smallest absolute Gasteiger partial charge is 0.337 e. The van der Waals surface area contributed by atoms with Crippen LogP contribution in [-0.4, -0.2) is 17.6 Å². The Labute approximate surface area is 76.2 Å². The summed E-state index contributed by atoms with van der Waals surface area (Å²) in [6.45, 7) is 0.466. The minimum Gasteiger partial charge on any atom is -0.478 e. The number of para-hydroxylation sites is 1. The highest BCUT2D eigenvalue weighted by molar-refractivity contribution is 5.94. The minimum atomic E-state index is -1.00. The van der Waals surface area contributed by atoms with Crippen LogP contribution in [0.1, 0.15) is 15.9 Å². The molecule has 0 aromatic heterocycles. The van der Waals surface area contributed by atoms with Crippen LogP contribution in [0.3, 0.4) is 0 Å². The molecule has 0 spiro atoms. The second-order valence-corrected chi connectivity index (χ2v) is 2.72. The summed E-state index contributed by atoms with van der Waals surface area (Å²) < 4.78 is 0. The maximum absolute atomic E-state index is 10.7. The molecule has 0 unspecified atom stereocenters. The van der Waals surface area contributed by atoms with Crippen molar-refractivity contribution in [3.8, 4) is 0 Å². The lowest BCUT2D eigenvalue weighted by Crippen LogP contribution is -2.09. The van der Waals surface area contributed by atoms with Crippen LogP contribution >= 0.6 is 0 Å². The first kappa shape index (κ1) is 9.54. The van der Waals surface area contributed by atoms with Crippen molar-refractivity contribution in [2.24, 2.45) is 5.73 Å². The number of carbonyl (C=O) groups is 1. The van der Waals surface area contributed by atoms with Crippen molar-refractivity contribution in [1.29, 1.82) is 0 Å². The van der Waals surface area contributed by atoms with E-state index >= 15 is 0 Å². The highest BCUT2D eigenvalue weighted by Gasteiger charge is 2.09. The average Bonchev–Trinajstić information content (AvgIpc) is 2.08. The van der Waals surface area contributed by atoms with Crippen LogP contribution in [0.5, 0.6) is 0 Å². The van der Waals surface area contributed by atoms with Gasteiger partial charge < -0.3 is 16.6 Å². The minimum absolute atomic E-state index is 0.144. The predicted molar refractivity (Wildman–Crippen MR) is 50.6 cm³/mol. The predicted octanol–water partition coefficient (Wildman–Crippen LogP) is 0.468. The summed E-state index contributed by atoms with van der Waals surface area (Å²) in [6.07, 6.45) is 0.604. The Bertz CT molecular complexity index is 323. The number of anilines is 1. The number of nitrogen functional groups attached to an aromatic ring is 1. The Hall–Kier alpha value is -1.55. The van der Waals surface area contributed by atoms with Gasteiger partial charge in [-0.25, -0.2) is 4.79 Å². The molecule has 0 aliphatic carbocycles. The van der Waals surface area contributed by atoms with Gasteiger partial charge in [0.2, 0.25) is 0 Å². The van der Waals surface area contributed by atoms with Gasteiger partial charge in [-0.05, 0) is 24.6 Å². The number of hydrogen-bond acceptors (Lipinski definition) is 3. The first-order valence-corrected chi connectivity index (χ1v) is 3.97. The number of aromatic carboxylic acids is 1. The molecule has 4 nitrogen and oxygen atoms in total. The van der Waals surface area contributed by atoms with Crippen LogP contribution < -0.4 is 11.5 Å². The van der Waals surface area contributed by atoms with E-state index in [0.29, 0.717) is 18.7 Å². The van der Waals surface area contributed by atoms with Gasteiger partial charge in [0.15, 0.2) is 0 Å². The molecule has 0 amide bonds. The van der Waals surface area contributed by atoms with Crippen molar-refractivity contribution < 1.29 is 9.90 Å². The second-order valence-electron chi connectivity index (χ2n) is 2.72. The lowest BCUT2D eigenvalue weighted by Gasteiger charge is -2.06. The van der Waals surface area contributed by atoms with E-state index < -0.39 is 5.97 Å². The largest absolute Gasteiger partial charge is 0.478 e. The molecular formula is C9H12N2O2. The molecule has 5 N–H and O–H groups in total. The first-order chi connectivity index (χ1) is 6.16. The van der Waals surface area contributed by atoms with Gasteiger partial charge in [0, 0.05) is 5.69 Å². The normalized spacial score (nSPS) is 9.92. The maximum atomic E-state index is 10.7. The van der Waals surface area contributed by atoms with E-state index in [4.69, 9.17) is 16.6 Å². The summed E-state index contributed by atoms with van der Waals surface area (Å²) >= 11 is 0. The molecule has 1 aromatic rings. The van der Waals surface area contributed by atoms with Gasteiger partial charge in [-0.1, -0.05) is 12.1 Å². The summed E-state index contributed by atoms with van der Waals surface area (Å²) in [6, 6.07) is 4.94. The van der Waals surface area contributed by atoms with Crippen molar-refractivity contribution >= 4 is 11.7 Å². The Kier molecular flexibility index (Phi) is 2.87. The van der Waals surface area contributed by atoms with Crippen molar-refractivity contribution in [3.05, 3.63) is 29.3 Å². The zero-order valence-corrected chi connectivity index (χ0v) is 7.16. The molecule has 1 aromatic carbocycles. The molecule has 0 saturated carbocycles. The van der Waals surface area contributed by atoms with E-state index in [9.17, 15) is 4.79 Å². The molecule has 0 saturated heterocycles.